The molecule has 0 aliphatic heterocycles. The van der Waals surface area contributed by atoms with Gasteiger partial charge >= 0.3 is 0 Å². The summed E-state index contributed by atoms with van der Waals surface area (Å²) in [5, 5.41) is 3.18. The fourth-order valence-corrected chi connectivity index (χ4v) is 1.81. The normalized spacial score (nSPS) is 10.7. The number of aromatic nitrogens is 2. The summed E-state index contributed by atoms with van der Waals surface area (Å²) in [6.45, 7) is 0.776. The highest BCUT2D eigenvalue weighted by Crippen LogP contribution is 2.17. The van der Waals surface area contributed by atoms with Crippen molar-refractivity contribution in [2.24, 2.45) is 0 Å². The van der Waals surface area contributed by atoms with Crippen molar-refractivity contribution in [3.8, 4) is 0 Å². The molecule has 0 radical (unpaired) electrons. The Morgan fingerprint density at radius 2 is 2.06 bits per heavy atom. The SMILES string of the molecule is c1cncc(CCNc2nc3ccccc3o2)c1. The Labute approximate surface area is 105 Å². The summed E-state index contributed by atoms with van der Waals surface area (Å²) in [4.78, 5) is 8.43. The summed E-state index contributed by atoms with van der Waals surface area (Å²) in [7, 11) is 0. The van der Waals surface area contributed by atoms with E-state index in [9.17, 15) is 0 Å². The highest BCUT2D eigenvalue weighted by Gasteiger charge is 2.03. The molecule has 1 aromatic carbocycles. The van der Waals surface area contributed by atoms with Gasteiger partial charge in [0.25, 0.3) is 6.01 Å². The first kappa shape index (κ1) is 10.8. The van der Waals surface area contributed by atoms with Gasteiger partial charge in [-0.2, -0.15) is 4.98 Å². The molecule has 0 fully saturated rings. The largest absolute Gasteiger partial charge is 0.424 e. The van der Waals surface area contributed by atoms with Gasteiger partial charge in [0.1, 0.15) is 5.52 Å². The van der Waals surface area contributed by atoms with Gasteiger partial charge in [-0.3, -0.25) is 4.98 Å². The number of pyridine rings is 1. The minimum Gasteiger partial charge on any atom is -0.424 e. The van der Waals surface area contributed by atoms with Crippen molar-refractivity contribution in [1.82, 2.24) is 9.97 Å². The number of para-hydroxylation sites is 2. The van der Waals surface area contributed by atoms with Crippen LogP contribution in [0, 0.1) is 0 Å². The zero-order valence-electron chi connectivity index (χ0n) is 9.84. The molecule has 90 valence electrons. The summed E-state index contributed by atoms with van der Waals surface area (Å²) in [6.07, 6.45) is 4.54. The minimum atomic E-state index is 0.570. The molecule has 0 aliphatic rings. The lowest BCUT2D eigenvalue weighted by molar-refractivity contribution is 0.614. The van der Waals surface area contributed by atoms with E-state index in [0.717, 1.165) is 24.1 Å². The van der Waals surface area contributed by atoms with Gasteiger partial charge < -0.3 is 9.73 Å². The third kappa shape index (κ3) is 2.32. The summed E-state index contributed by atoms with van der Waals surface area (Å²) >= 11 is 0. The van der Waals surface area contributed by atoms with Crippen LogP contribution in [0.2, 0.25) is 0 Å². The van der Waals surface area contributed by atoms with Crippen molar-refractivity contribution in [2.75, 3.05) is 11.9 Å². The molecule has 3 rings (SSSR count). The molecule has 0 saturated carbocycles. The number of hydrogen-bond donors (Lipinski definition) is 1. The van der Waals surface area contributed by atoms with Crippen LogP contribution < -0.4 is 5.32 Å². The lowest BCUT2D eigenvalue weighted by atomic mass is 10.2. The third-order valence-corrected chi connectivity index (χ3v) is 2.71. The monoisotopic (exact) mass is 239 g/mol. The van der Waals surface area contributed by atoms with Crippen LogP contribution in [0.4, 0.5) is 6.01 Å². The molecule has 0 amide bonds. The topological polar surface area (TPSA) is 51.0 Å². The van der Waals surface area contributed by atoms with Gasteiger partial charge in [-0.25, -0.2) is 0 Å². The van der Waals surface area contributed by atoms with E-state index in [1.165, 1.54) is 5.56 Å². The van der Waals surface area contributed by atoms with Crippen LogP contribution in [-0.4, -0.2) is 16.5 Å². The third-order valence-electron chi connectivity index (χ3n) is 2.71. The molecule has 0 atom stereocenters. The number of fused-ring (bicyclic) bond motifs is 1. The van der Waals surface area contributed by atoms with Gasteiger partial charge in [-0.15, -0.1) is 0 Å². The van der Waals surface area contributed by atoms with Crippen LogP contribution >= 0.6 is 0 Å². The van der Waals surface area contributed by atoms with Gasteiger partial charge in [0.15, 0.2) is 5.58 Å². The maximum atomic E-state index is 5.57. The van der Waals surface area contributed by atoms with Crippen LogP contribution in [0.1, 0.15) is 5.56 Å². The van der Waals surface area contributed by atoms with E-state index in [4.69, 9.17) is 4.42 Å². The first-order valence-corrected chi connectivity index (χ1v) is 5.90. The molecular weight excluding hydrogens is 226 g/mol. The fourth-order valence-electron chi connectivity index (χ4n) is 1.81. The Kier molecular flexibility index (Phi) is 2.92. The van der Waals surface area contributed by atoms with Crippen LogP contribution in [0.15, 0.2) is 53.2 Å². The Bertz CT molecular complexity index is 601. The number of benzene rings is 1. The van der Waals surface area contributed by atoms with E-state index in [1.54, 1.807) is 6.20 Å². The zero-order chi connectivity index (χ0) is 12.2. The molecule has 4 heteroatoms. The maximum Gasteiger partial charge on any atom is 0.295 e. The number of hydrogen-bond acceptors (Lipinski definition) is 4. The van der Waals surface area contributed by atoms with E-state index < -0.39 is 0 Å². The van der Waals surface area contributed by atoms with Gasteiger partial charge in [0.05, 0.1) is 0 Å². The van der Waals surface area contributed by atoms with Crippen molar-refractivity contribution in [3.05, 3.63) is 54.4 Å². The van der Waals surface area contributed by atoms with Crippen molar-refractivity contribution >= 4 is 17.1 Å². The van der Waals surface area contributed by atoms with Crippen LogP contribution in [0.3, 0.4) is 0 Å². The van der Waals surface area contributed by atoms with E-state index >= 15 is 0 Å². The first-order chi connectivity index (χ1) is 8.92. The van der Waals surface area contributed by atoms with Gasteiger partial charge in [0, 0.05) is 18.9 Å². The van der Waals surface area contributed by atoms with Crippen molar-refractivity contribution in [3.63, 3.8) is 0 Å². The molecule has 2 heterocycles. The average Bonchev–Trinajstić information content (AvgIpc) is 2.82. The molecule has 0 unspecified atom stereocenters. The van der Waals surface area contributed by atoms with Crippen LogP contribution in [-0.2, 0) is 6.42 Å². The van der Waals surface area contributed by atoms with Crippen LogP contribution in [0.25, 0.3) is 11.1 Å². The average molecular weight is 239 g/mol. The van der Waals surface area contributed by atoms with Crippen molar-refractivity contribution in [1.29, 1.82) is 0 Å². The molecule has 3 aromatic rings. The lowest BCUT2D eigenvalue weighted by Crippen LogP contribution is -2.04. The number of oxazole rings is 1. The van der Waals surface area contributed by atoms with Gasteiger partial charge in [-0.1, -0.05) is 18.2 Å². The second-order valence-corrected chi connectivity index (χ2v) is 4.02. The smallest absolute Gasteiger partial charge is 0.295 e. The Balaban J connectivity index is 1.63. The van der Waals surface area contributed by atoms with Crippen molar-refractivity contribution < 1.29 is 4.42 Å². The Hall–Kier alpha value is -2.36. The predicted molar refractivity (Wildman–Crippen MR) is 70.4 cm³/mol. The van der Waals surface area contributed by atoms with E-state index in [0.29, 0.717) is 6.01 Å². The first-order valence-electron chi connectivity index (χ1n) is 5.90. The molecule has 0 bridgehead atoms. The molecule has 0 aliphatic carbocycles. The summed E-state index contributed by atoms with van der Waals surface area (Å²) < 4.78 is 5.57. The zero-order valence-corrected chi connectivity index (χ0v) is 9.84. The highest BCUT2D eigenvalue weighted by atomic mass is 16.4. The quantitative estimate of drug-likeness (QED) is 0.760. The van der Waals surface area contributed by atoms with Crippen LogP contribution in [0.5, 0.6) is 0 Å². The number of rotatable bonds is 4. The standard InChI is InChI=1S/C14H13N3O/c1-2-6-13-12(5-1)17-14(18-13)16-9-7-11-4-3-8-15-10-11/h1-6,8,10H,7,9H2,(H,16,17). The molecule has 0 spiro atoms. The molecular formula is C14H13N3O. The molecule has 4 nitrogen and oxygen atoms in total. The number of nitrogens with zero attached hydrogens (tertiary/aromatic N) is 2. The Morgan fingerprint density at radius 1 is 1.11 bits per heavy atom. The van der Waals surface area contributed by atoms with Gasteiger partial charge in [-0.05, 0) is 30.2 Å². The molecule has 2 aromatic heterocycles. The summed E-state index contributed by atoms with van der Waals surface area (Å²) in [6, 6.07) is 12.3. The summed E-state index contributed by atoms with van der Waals surface area (Å²) in [5.74, 6) is 0. The predicted octanol–water partition coefficient (Wildman–Crippen LogP) is 2.88. The fraction of sp³-hybridized carbons (Fsp3) is 0.143. The maximum absolute atomic E-state index is 5.57. The van der Waals surface area contributed by atoms with Crippen molar-refractivity contribution in [2.45, 2.75) is 6.42 Å². The second kappa shape index (κ2) is 4.87. The highest BCUT2D eigenvalue weighted by molar-refractivity contribution is 5.74. The number of anilines is 1. The van der Waals surface area contributed by atoms with E-state index in [1.807, 2.05) is 36.5 Å². The molecule has 18 heavy (non-hydrogen) atoms. The second-order valence-electron chi connectivity index (χ2n) is 4.02. The minimum absolute atomic E-state index is 0.570. The van der Waals surface area contributed by atoms with E-state index in [2.05, 4.69) is 21.4 Å². The van der Waals surface area contributed by atoms with Gasteiger partial charge in [0.2, 0.25) is 0 Å². The number of nitrogens with one attached hydrogen (secondary N) is 1. The summed E-state index contributed by atoms with van der Waals surface area (Å²) in [5.41, 5.74) is 2.88. The molecule has 0 saturated heterocycles. The lowest BCUT2D eigenvalue weighted by Gasteiger charge is -2.00. The molecule has 1 N–H and O–H groups in total. The van der Waals surface area contributed by atoms with E-state index in [-0.39, 0.29) is 0 Å². The Morgan fingerprint density at radius 3 is 2.89 bits per heavy atom.